The van der Waals surface area contributed by atoms with Gasteiger partial charge in [-0.25, -0.2) is 0 Å². The molecule has 0 spiro atoms. The predicted octanol–water partition coefficient (Wildman–Crippen LogP) is 2.66. The molecule has 92 valence electrons. The summed E-state index contributed by atoms with van der Waals surface area (Å²) in [6, 6.07) is 8.21. The number of aromatic nitrogens is 1. The number of nitrogens with one attached hydrogen (secondary N) is 2. The van der Waals surface area contributed by atoms with E-state index in [9.17, 15) is 4.79 Å². The molecule has 0 bridgehead atoms. The quantitative estimate of drug-likeness (QED) is 0.863. The zero-order valence-corrected chi connectivity index (χ0v) is 10.6. The zero-order valence-electron chi connectivity index (χ0n) is 9.82. The second-order valence-corrected chi connectivity index (χ2v) is 3.81. The van der Waals surface area contributed by atoms with Crippen molar-refractivity contribution in [2.45, 2.75) is 19.8 Å². The Bertz CT molecular complexity index is 493. The second-order valence-electron chi connectivity index (χ2n) is 3.81. The number of hydrogen-bond donors (Lipinski definition) is 2. The van der Waals surface area contributed by atoms with E-state index in [1.165, 1.54) is 10.9 Å². The number of halogens is 1. The van der Waals surface area contributed by atoms with Crippen LogP contribution in [0, 0.1) is 0 Å². The van der Waals surface area contributed by atoms with Crippen LogP contribution in [0.5, 0.6) is 0 Å². The fourth-order valence-corrected chi connectivity index (χ4v) is 1.80. The zero-order chi connectivity index (χ0) is 11.4. The smallest absolute Gasteiger partial charge is 0.219 e. The van der Waals surface area contributed by atoms with Crippen LogP contribution in [-0.4, -0.2) is 17.4 Å². The first-order valence-corrected chi connectivity index (χ1v) is 5.63. The summed E-state index contributed by atoms with van der Waals surface area (Å²) in [4.78, 5) is 14.3. The molecule has 0 atom stereocenters. The van der Waals surface area contributed by atoms with E-state index in [0.717, 1.165) is 11.9 Å². The van der Waals surface area contributed by atoms with Gasteiger partial charge in [-0.2, -0.15) is 0 Å². The lowest BCUT2D eigenvalue weighted by atomic mass is 10.1. The number of hydrogen-bond acceptors (Lipinski definition) is 1. The van der Waals surface area contributed by atoms with Crippen molar-refractivity contribution in [3.8, 4) is 0 Å². The number of carbonyl (C=O) groups is 1. The maximum Gasteiger partial charge on any atom is 0.219 e. The van der Waals surface area contributed by atoms with Crippen molar-refractivity contribution in [1.29, 1.82) is 0 Å². The van der Waals surface area contributed by atoms with Crippen molar-refractivity contribution in [3.63, 3.8) is 0 Å². The summed E-state index contributed by atoms with van der Waals surface area (Å²) in [5.74, 6) is 0.111. The highest BCUT2D eigenvalue weighted by atomic mass is 35.5. The molecule has 0 aliphatic carbocycles. The number of para-hydroxylation sites is 1. The number of amides is 1. The van der Waals surface area contributed by atoms with Gasteiger partial charge >= 0.3 is 0 Å². The van der Waals surface area contributed by atoms with E-state index >= 15 is 0 Å². The maximum atomic E-state index is 11.1. The Morgan fingerprint density at radius 1 is 1.35 bits per heavy atom. The highest BCUT2D eigenvalue weighted by molar-refractivity contribution is 5.85. The Balaban J connectivity index is 0.00000144. The van der Waals surface area contributed by atoms with Gasteiger partial charge in [0.2, 0.25) is 5.91 Å². The second kappa shape index (κ2) is 6.30. The van der Waals surface area contributed by atoms with Gasteiger partial charge in [0, 0.05) is 30.1 Å². The van der Waals surface area contributed by atoms with E-state index in [0.29, 0.717) is 13.0 Å². The number of benzene rings is 1. The van der Waals surface area contributed by atoms with Gasteiger partial charge in [-0.15, -0.1) is 12.4 Å². The fourth-order valence-electron chi connectivity index (χ4n) is 1.80. The molecule has 3 nitrogen and oxygen atoms in total. The molecule has 0 radical (unpaired) electrons. The maximum absolute atomic E-state index is 11.1. The minimum absolute atomic E-state index is 0. The van der Waals surface area contributed by atoms with Gasteiger partial charge in [0.15, 0.2) is 0 Å². The van der Waals surface area contributed by atoms with Gasteiger partial charge in [-0.05, 0) is 18.1 Å². The van der Waals surface area contributed by atoms with Crippen LogP contribution in [0.2, 0.25) is 0 Å². The summed E-state index contributed by atoms with van der Waals surface area (Å²) in [5.41, 5.74) is 2.41. The minimum Gasteiger partial charge on any atom is -0.361 e. The molecule has 4 heteroatoms. The summed E-state index contributed by atoms with van der Waals surface area (Å²) < 4.78 is 0. The van der Waals surface area contributed by atoms with Gasteiger partial charge < -0.3 is 10.3 Å². The Labute approximate surface area is 107 Å². The van der Waals surface area contributed by atoms with Crippen LogP contribution in [0.15, 0.2) is 30.5 Å². The molecule has 2 rings (SSSR count). The summed E-state index contributed by atoms with van der Waals surface area (Å²) in [6.07, 6.45) is 3.44. The molecular formula is C13H17ClN2O. The first-order chi connectivity index (χ1) is 7.81. The molecule has 0 saturated carbocycles. The number of H-pyrrole nitrogens is 1. The lowest BCUT2D eigenvalue weighted by molar-refractivity contribution is -0.120. The molecule has 1 aromatic carbocycles. The van der Waals surface area contributed by atoms with Crippen molar-refractivity contribution < 1.29 is 4.79 Å². The molecule has 0 saturated heterocycles. The number of fused-ring (bicyclic) bond motifs is 1. The summed E-state index contributed by atoms with van der Waals surface area (Å²) in [7, 11) is 0. The van der Waals surface area contributed by atoms with Gasteiger partial charge in [0.25, 0.3) is 0 Å². The number of rotatable bonds is 4. The van der Waals surface area contributed by atoms with E-state index in [-0.39, 0.29) is 18.3 Å². The largest absolute Gasteiger partial charge is 0.361 e. The molecule has 0 aliphatic rings. The van der Waals surface area contributed by atoms with Crippen LogP contribution in [-0.2, 0) is 11.2 Å². The lowest BCUT2D eigenvalue weighted by Crippen LogP contribution is -2.24. The summed E-state index contributed by atoms with van der Waals surface area (Å²) in [5, 5.41) is 4.13. The van der Waals surface area contributed by atoms with Crippen molar-refractivity contribution in [2.24, 2.45) is 0 Å². The highest BCUT2D eigenvalue weighted by Gasteiger charge is 2.02. The van der Waals surface area contributed by atoms with Crippen LogP contribution in [0.3, 0.4) is 0 Å². The van der Waals surface area contributed by atoms with Gasteiger partial charge in [0.05, 0.1) is 0 Å². The third kappa shape index (κ3) is 3.24. The highest BCUT2D eigenvalue weighted by Crippen LogP contribution is 2.17. The average Bonchev–Trinajstić information content (AvgIpc) is 2.73. The van der Waals surface area contributed by atoms with Crippen molar-refractivity contribution in [2.75, 3.05) is 6.54 Å². The Morgan fingerprint density at radius 3 is 2.88 bits per heavy atom. The van der Waals surface area contributed by atoms with E-state index in [1.807, 2.05) is 25.3 Å². The van der Waals surface area contributed by atoms with Crippen LogP contribution < -0.4 is 5.32 Å². The van der Waals surface area contributed by atoms with E-state index in [4.69, 9.17) is 0 Å². The molecular weight excluding hydrogens is 236 g/mol. The molecule has 2 aromatic rings. The van der Waals surface area contributed by atoms with Crippen molar-refractivity contribution in [3.05, 3.63) is 36.0 Å². The monoisotopic (exact) mass is 252 g/mol. The van der Waals surface area contributed by atoms with Crippen molar-refractivity contribution >= 4 is 29.2 Å². The molecule has 1 heterocycles. The topological polar surface area (TPSA) is 44.9 Å². The van der Waals surface area contributed by atoms with Gasteiger partial charge in [0.1, 0.15) is 0 Å². The molecule has 2 N–H and O–H groups in total. The molecule has 1 amide bonds. The van der Waals surface area contributed by atoms with Crippen LogP contribution in [0.1, 0.15) is 18.9 Å². The molecule has 1 aromatic heterocycles. The summed E-state index contributed by atoms with van der Waals surface area (Å²) >= 11 is 0. The summed E-state index contributed by atoms with van der Waals surface area (Å²) in [6.45, 7) is 2.57. The molecule has 17 heavy (non-hydrogen) atoms. The van der Waals surface area contributed by atoms with E-state index in [2.05, 4.69) is 22.4 Å². The molecule has 0 aliphatic heterocycles. The van der Waals surface area contributed by atoms with Crippen LogP contribution in [0.4, 0.5) is 0 Å². The first kappa shape index (κ1) is 13.6. The average molecular weight is 253 g/mol. The third-order valence-corrected chi connectivity index (χ3v) is 2.71. The van der Waals surface area contributed by atoms with Gasteiger partial charge in [-0.3, -0.25) is 4.79 Å². The molecule has 0 unspecified atom stereocenters. The Kier molecular flexibility index (Phi) is 5.04. The fraction of sp³-hybridized carbons (Fsp3) is 0.308. The Hall–Kier alpha value is -1.48. The van der Waals surface area contributed by atoms with E-state index in [1.54, 1.807) is 0 Å². The standard InChI is InChI=1S/C13H16N2O.ClH/c1-2-13(16)14-8-7-10-9-15-12-6-4-3-5-11(10)12;/h3-6,9,15H,2,7-8H2,1H3,(H,14,16);1H. The minimum atomic E-state index is 0. The molecule has 0 fully saturated rings. The first-order valence-electron chi connectivity index (χ1n) is 5.63. The number of aromatic amines is 1. The normalized spacial score (nSPS) is 9.94. The Morgan fingerprint density at radius 2 is 2.12 bits per heavy atom. The lowest BCUT2D eigenvalue weighted by Gasteiger charge is -2.02. The third-order valence-electron chi connectivity index (χ3n) is 2.71. The van der Waals surface area contributed by atoms with Crippen LogP contribution >= 0.6 is 12.4 Å². The number of carbonyl (C=O) groups excluding carboxylic acids is 1. The SMILES string of the molecule is CCC(=O)NCCc1c[nH]c2ccccc12.Cl. The van der Waals surface area contributed by atoms with Crippen molar-refractivity contribution in [1.82, 2.24) is 10.3 Å². The predicted molar refractivity (Wildman–Crippen MR) is 72.6 cm³/mol. The van der Waals surface area contributed by atoms with Gasteiger partial charge in [-0.1, -0.05) is 25.1 Å². The van der Waals surface area contributed by atoms with E-state index < -0.39 is 0 Å². The van der Waals surface area contributed by atoms with Crippen LogP contribution in [0.25, 0.3) is 10.9 Å².